The van der Waals surface area contributed by atoms with E-state index in [2.05, 4.69) is 100.0 Å². The number of imidazole rings is 2. The fourth-order valence-electron chi connectivity index (χ4n) is 6.74. The standard InChI is InChI=1S/C41H25N5O/c1-3-11-26(12-4-1)33-25-34(43-40(42-33)27-13-5-2-6-14-27)28-19-21-38-30(23-28)31-24-29(20-22-39(31)47-38)45-36-17-9-10-18-37(36)46-35-16-8-7-15-32(35)44-41(45)46/h1-25H. The van der Waals surface area contributed by atoms with Crippen molar-refractivity contribution in [3.63, 3.8) is 0 Å². The molecule has 0 atom stereocenters. The molecule has 10 rings (SSSR count). The molecule has 0 saturated heterocycles. The van der Waals surface area contributed by atoms with Crippen LogP contribution in [-0.4, -0.2) is 23.9 Å². The molecule has 4 aromatic heterocycles. The predicted molar refractivity (Wildman–Crippen MR) is 189 cm³/mol. The van der Waals surface area contributed by atoms with Gasteiger partial charge in [0.05, 0.1) is 39.1 Å². The molecule has 6 heteroatoms. The monoisotopic (exact) mass is 603 g/mol. The highest BCUT2D eigenvalue weighted by Gasteiger charge is 2.19. The van der Waals surface area contributed by atoms with Crippen LogP contribution in [0.15, 0.2) is 156 Å². The van der Waals surface area contributed by atoms with E-state index in [4.69, 9.17) is 19.4 Å². The average Bonchev–Trinajstić information content (AvgIpc) is 3.80. The summed E-state index contributed by atoms with van der Waals surface area (Å²) in [5.41, 5.74) is 11.7. The number of rotatable bonds is 4. The molecule has 0 radical (unpaired) electrons. The Bertz CT molecular complexity index is 2730. The minimum absolute atomic E-state index is 0.692. The van der Waals surface area contributed by atoms with Gasteiger partial charge in [0.1, 0.15) is 11.2 Å². The molecule has 0 aliphatic rings. The van der Waals surface area contributed by atoms with Crippen LogP contribution in [0.4, 0.5) is 0 Å². The Labute approximate surface area is 268 Å². The van der Waals surface area contributed by atoms with Crippen molar-refractivity contribution in [1.29, 1.82) is 0 Å². The van der Waals surface area contributed by atoms with Crippen molar-refractivity contribution >= 4 is 49.8 Å². The third kappa shape index (κ3) is 4.02. The van der Waals surface area contributed by atoms with Gasteiger partial charge < -0.3 is 4.42 Å². The molecule has 0 fully saturated rings. The van der Waals surface area contributed by atoms with Crippen molar-refractivity contribution in [2.75, 3.05) is 0 Å². The van der Waals surface area contributed by atoms with Crippen LogP contribution in [0.1, 0.15) is 0 Å². The minimum Gasteiger partial charge on any atom is -0.456 e. The largest absolute Gasteiger partial charge is 0.456 e. The molecule has 220 valence electrons. The summed E-state index contributed by atoms with van der Waals surface area (Å²) in [5, 5.41) is 2.06. The first-order valence-electron chi connectivity index (χ1n) is 15.6. The molecule has 0 bridgehead atoms. The van der Waals surface area contributed by atoms with Crippen LogP contribution in [-0.2, 0) is 0 Å². The van der Waals surface area contributed by atoms with Crippen molar-refractivity contribution in [3.05, 3.63) is 152 Å². The zero-order chi connectivity index (χ0) is 30.9. The van der Waals surface area contributed by atoms with Crippen molar-refractivity contribution in [3.8, 4) is 39.6 Å². The fourth-order valence-corrected chi connectivity index (χ4v) is 6.74. The third-order valence-corrected chi connectivity index (χ3v) is 8.94. The number of benzene rings is 6. The Hall–Kier alpha value is -6.53. The Morgan fingerprint density at radius 2 is 1.06 bits per heavy atom. The van der Waals surface area contributed by atoms with Crippen molar-refractivity contribution in [1.82, 2.24) is 23.9 Å². The molecule has 6 aromatic carbocycles. The Kier molecular flexibility index (Phi) is 5.48. The number of fused-ring (bicyclic) bond motifs is 8. The van der Waals surface area contributed by atoms with E-state index in [9.17, 15) is 0 Å². The van der Waals surface area contributed by atoms with Crippen LogP contribution in [0.2, 0.25) is 0 Å². The molecule has 47 heavy (non-hydrogen) atoms. The maximum Gasteiger partial charge on any atom is 0.220 e. The Morgan fingerprint density at radius 1 is 0.447 bits per heavy atom. The summed E-state index contributed by atoms with van der Waals surface area (Å²) < 4.78 is 10.8. The van der Waals surface area contributed by atoms with E-state index in [1.807, 2.05) is 60.7 Å². The molecule has 0 amide bonds. The smallest absolute Gasteiger partial charge is 0.220 e. The second-order valence-electron chi connectivity index (χ2n) is 11.7. The van der Waals surface area contributed by atoms with Gasteiger partial charge in [0.15, 0.2) is 5.82 Å². The van der Waals surface area contributed by atoms with E-state index in [1.54, 1.807) is 0 Å². The van der Waals surface area contributed by atoms with E-state index in [0.717, 1.165) is 83.5 Å². The van der Waals surface area contributed by atoms with Gasteiger partial charge in [-0.2, -0.15) is 0 Å². The molecular formula is C41H25N5O. The molecule has 0 spiro atoms. The van der Waals surface area contributed by atoms with Crippen molar-refractivity contribution in [2.24, 2.45) is 0 Å². The molecule has 0 unspecified atom stereocenters. The number of nitrogens with zero attached hydrogens (tertiary/aromatic N) is 5. The molecule has 0 aliphatic heterocycles. The molecular weight excluding hydrogens is 578 g/mol. The van der Waals surface area contributed by atoms with Gasteiger partial charge in [-0.25, -0.2) is 15.0 Å². The molecule has 0 aliphatic carbocycles. The van der Waals surface area contributed by atoms with E-state index in [-0.39, 0.29) is 0 Å². The average molecular weight is 604 g/mol. The van der Waals surface area contributed by atoms with E-state index < -0.39 is 0 Å². The quantitative estimate of drug-likeness (QED) is 0.201. The Balaban J connectivity index is 1.18. The SMILES string of the molecule is c1ccc(-c2cc(-c3ccc4oc5ccc(-n6c7ccccc7n7c8ccccc8nc67)cc5c4c3)nc(-c3ccccc3)n2)cc1. The fraction of sp³-hybridized carbons (Fsp3) is 0. The lowest BCUT2D eigenvalue weighted by Gasteiger charge is -2.09. The zero-order valence-electron chi connectivity index (χ0n) is 25.1. The maximum atomic E-state index is 6.36. The second kappa shape index (κ2) is 9.99. The van der Waals surface area contributed by atoms with Crippen molar-refractivity contribution in [2.45, 2.75) is 0 Å². The highest BCUT2D eigenvalue weighted by molar-refractivity contribution is 6.07. The van der Waals surface area contributed by atoms with Gasteiger partial charge in [0, 0.05) is 27.5 Å². The normalized spacial score (nSPS) is 11.8. The molecule has 0 N–H and O–H groups in total. The second-order valence-corrected chi connectivity index (χ2v) is 11.7. The van der Waals surface area contributed by atoms with Gasteiger partial charge in [0.25, 0.3) is 0 Å². The van der Waals surface area contributed by atoms with Crippen LogP contribution in [0.25, 0.3) is 89.4 Å². The summed E-state index contributed by atoms with van der Waals surface area (Å²) in [4.78, 5) is 15.1. The first kappa shape index (κ1) is 25.8. The van der Waals surface area contributed by atoms with E-state index in [0.29, 0.717) is 5.82 Å². The van der Waals surface area contributed by atoms with Gasteiger partial charge in [-0.05, 0) is 66.7 Å². The van der Waals surface area contributed by atoms with E-state index in [1.165, 1.54) is 0 Å². The number of furan rings is 1. The highest BCUT2D eigenvalue weighted by atomic mass is 16.3. The van der Waals surface area contributed by atoms with Gasteiger partial charge in [-0.3, -0.25) is 8.97 Å². The molecule has 0 saturated carbocycles. The van der Waals surface area contributed by atoms with Gasteiger partial charge in [-0.1, -0.05) is 84.9 Å². The number of para-hydroxylation sites is 4. The lowest BCUT2D eigenvalue weighted by Crippen LogP contribution is -1.95. The summed E-state index contributed by atoms with van der Waals surface area (Å²) in [6, 6.07) is 51.9. The van der Waals surface area contributed by atoms with E-state index >= 15 is 0 Å². The first-order valence-corrected chi connectivity index (χ1v) is 15.6. The lowest BCUT2D eigenvalue weighted by molar-refractivity contribution is 0.669. The summed E-state index contributed by atoms with van der Waals surface area (Å²) in [7, 11) is 0. The molecule has 6 nitrogen and oxygen atoms in total. The van der Waals surface area contributed by atoms with Crippen LogP contribution in [0.3, 0.4) is 0 Å². The van der Waals surface area contributed by atoms with Gasteiger partial charge >= 0.3 is 0 Å². The molecule has 10 aromatic rings. The lowest BCUT2D eigenvalue weighted by atomic mass is 10.0. The summed E-state index contributed by atoms with van der Waals surface area (Å²) in [6.45, 7) is 0. The van der Waals surface area contributed by atoms with Crippen LogP contribution >= 0.6 is 0 Å². The molecule has 4 heterocycles. The maximum absolute atomic E-state index is 6.36. The first-order chi connectivity index (χ1) is 23.3. The summed E-state index contributed by atoms with van der Waals surface area (Å²) >= 11 is 0. The zero-order valence-corrected chi connectivity index (χ0v) is 25.1. The van der Waals surface area contributed by atoms with Crippen LogP contribution in [0.5, 0.6) is 0 Å². The van der Waals surface area contributed by atoms with Crippen LogP contribution < -0.4 is 0 Å². The predicted octanol–water partition coefficient (Wildman–Crippen LogP) is 10.1. The topological polar surface area (TPSA) is 61.2 Å². The number of aromatic nitrogens is 5. The minimum atomic E-state index is 0.692. The number of hydrogen-bond donors (Lipinski definition) is 0. The summed E-state index contributed by atoms with van der Waals surface area (Å²) in [6.07, 6.45) is 0. The highest BCUT2D eigenvalue weighted by Crippen LogP contribution is 2.36. The third-order valence-electron chi connectivity index (χ3n) is 8.94. The van der Waals surface area contributed by atoms with Crippen molar-refractivity contribution < 1.29 is 4.42 Å². The number of hydrogen-bond acceptors (Lipinski definition) is 4. The Morgan fingerprint density at radius 3 is 1.85 bits per heavy atom. The van der Waals surface area contributed by atoms with Gasteiger partial charge in [-0.15, -0.1) is 0 Å². The van der Waals surface area contributed by atoms with Crippen LogP contribution in [0, 0.1) is 0 Å². The van der Waals surface area contributed by atoms with Gasteiger partial charge in [0.2, 0.25) is 5.78 Å². The summed E-state index contributed by atoms with van der Waals surface area (Å²) in [5.74, 6) is 1.57.